The Morgan fingerprint density at radius 3 is 1.69 bits per heavy atom. The second-order valence-corrected chi connectivity index (χ2v) is 3.14. The quantitative estimate of drug-likeness (QED) is 0.340. The van der Waals surface area contributed by atoms with E-state index in [0.717, 1.165) is 52.1 Å². The topological polar surface area (TPSA) is 76.1 Å². The van der Waals surface area contributed by atoms with Gasteiger partial charge in [-0.1, -0.05) is 0 Å². The largest absolute Gasteiger partial charge is 0.330 e. The summed E-state index contributed by atoms with van der Waals surface area (Å²) in [5, 5.41) is 6.66. The second kappa shape index (κ2) is 11.8. The van der Waals surface area contributed by atoms with E-state index >= 15 is 0 Å². The van der Waals surface area contributed by atoms with Crippen LogP contribution in [0.2, 0.25) is 0 Å². The Hall–Kier alpha value is -0.160. The highest BCUT2D eigenvalue weighted by Gasteiger charge is 1.88. The molecule has 0 radical (unpaired) electrons. The van der Waals surface area contributed by atoms with Gasteiger partial charge in [0, 0.05) is 13.1 Å². The van der Waals surface area contributed by atoms with Crippen molar-refractivity contribution in [3.8, 4) is 0 Å². The molecule has 0 saturated carbocycles. The number of nitrogens with one attached hydrogen (secondary N) is 2. The van der Waals surface area contributed by atoms with Gasteiger partial charge in [-0.15, -0.1) is 0 Å². The fraction of sp³-hybridized carbons (Fsp3) is 1.00. The molecule has 0 amide bonds. The van der Waals surface area contributed by atoms with Crippen LogP contribution in [0.15, 0.2) is 0 Å². The smallest absolute Gasteiger partial charge is 0.00767 e. The van der Waals surface area contributed by atoms with Crippen LogP contribution in [0.3, 0.4) is 0 Å². The Kier molecular flexibility index (Phi) is 11.7. The van der Waals surface area contributed by atoms with Crippen LogP contribution in [0.25, 0.3) is 0 Å². The molecule has 0 aliphatic carbocycles. The van der Waals surface area contributed by atoms with Gasteiger partial charge in [0.2, 0.25) is 0 Å². The molecule has 4 nitrogen and oxygen atoms in total. The first kappa shape index (κ1) is 12.8. The standard InChI is InChI=1S/C9H24N4/c10-4-1-2-6-12-8-9-13-7-3-5-11/h12-13H,1-11H2. The zero-order valence-corrected chi connectivity index (χ0v) is 8.52. The molecular formula is C9H24N4. The highest BCUT2D eigenvalue weighted by Crippen LogP contribution is 1.81. The van der Waals surface area contributed by atoms with E-state index in [9.17, 15) is 0 Å². The van der Waals surface area contributed by atoms with Gasteiger partial charge < -0.3 is 22.1 Å². The molecule has 0 atom stereocenters. The summed E-state index contributed by atoms with van der Waals surface area (Å²) in [6.07, 6.45) is 3.36. The number of unbranched alkanes of at least 4 members (excludes halogenated alkanes) is 1. The van der Waals surface area contributed by atoms with Crippen molar-refractivity contribution in [1.82, 2.24) is 10.6 Å². The minimum absolute atomic E-state index is 0.775. The van der Waals surface area contributed by atoms with Crippen molar-refractivity contribution in [2.24, 2.45) is 11.5 Å². The molecule has 4 heteroatoms. The van der Waals surface area contributed by atoms with Crippen LogP contribution in [-0.2, 0) is 0 Å². The molecule has 0 saturated heterocycles. The molecule has 0 fully saturated rings. The van der Waals surface area contributed by atoms with Crippen LogP contribution in [0.1, 0.15) is 19.3 Å². The number of hydrogen-bond donors (Lipinski definition) is 4. The first-order valence-corrected chi connectivity index (χ1v) is 5.23. The maximum Gasteiger partial charge on any atom is 0.00767 e. The van der Waals surface area contributed by atoms with E-state index in [2.05, 4.69) is 10.6 Å². The summed E-state index contributed by atoms with van der Waals surface area (Å²) in [5.41, 5.74) is 10.7. The van der Waals surface area contributed by atoms with Crippen molar-refractivity contribution in [3.63, 3.8) is 0 Å². The van der Waals surface area contributed by atoms with Gasteiger partial charge in [0.25, 0.3) is 0 Å². The van der Waals surface area contributed by atoms with Crippen molar-refractivity contribution >= 4 is 0 Å². The highest BCUT2D eigenvalue weighted by atomic mass is 14.9. The third kappa shape index (κ3) is 11.8. The normalized spacial score (nSPS) is 10.6. The molecule has 0 aromatic rings. The van der Waals surface area contributed by atoms with Crippen molar-refractivity contribution in [2.75, 3.05) is 39.3 Å². The van der Waals surface area contributed by atoms with E-state index in [0.29, 0.717) is 0 Å². The third-order valence-corrected chi connectivity index (χ3v) is 1.84. The number of rotatable bonds is 10. The summed E-state index contributed by atoms with van der Waals surface area (Å²) in [6.45, 7) is 5.75. The molecule has 0 rings (SSSR count). The fourth-order valence-corrected chi connectivity index (χ4v) is 1.05. The monoisotopic (exact) mass is 188 g/mol. The molecule has 13 heavy (non-hydrogen) atoms. The summed E-state index contributed by atoms with van der Waals surface area (Å²) in [4.78, 5) is 0. The van der Waals surface area contributed by atoms with Crippen LogP contribution in [-0.4, -0.2) is 39.3 Å². The SMILES string of the molecule is NCCCCNCCNCCCN. The molecule has 6 N–H and O–H groups in total. The molecular weight excluding hydrogens is 164 g/mol. The predicted octanol–water partition coefficient (Wildman–Crippen LogP) is -0.747. The Morgan fingerprint density at radius 1 is 0.615 bits per heavy atom. The van der Waals surface area contributed by atoms with Crippen molar-refractivity contribution in [1.29, 1.82) is 0 Å². The molecule has 0 heterocycles. The van der Waals surface area contributed by atoms with Crippen LogP contribution in [0.5, 0.6) is 0 Å². The lowest BCUT2D eigenvalue weighted by Gasteiger charge is -2.05. The van der Waals surface area contributed by atoms with E-state index in [4.69, 9.17) is 11.5 Å². The summed E-state index contributed by atoms with van der Waals surface area (Å²) in [5.74, 6) is 0. The first-order chi connectivity index (χ1) is 6.41. The Labute approximate surface area is 81.4 Å². The molecule has 0 aromatic heterocycles. The minimum atomic E-state index is 0.775. The highest BCUT2D eigenvalue weighted by molar-refractivity contribution is 4.53. The summed E-state index contributed by atoms with van der Waals surface area (Å²) >= 11 is 0. The predicted molar refractivity (Wildman–Crippen MR) is 57.7 cm³/mol. The van der Waals surface area contributed by atoms with Gasteiger partial charge in [0.15, 0.2) is 0 Å². The zero-order chi connectivity index (χ0) is 9.78. The second-order valence-electron chi connectivity index (χ2n) is 3.14. The minimum Gasteiger partial charge on any atom is -0.330 e. The molecule has 0 aliphatic heterocycles. The molecule has 80 valence electrons. The lowest BCUT2D eigenvalue weighted by atomic mass is 10.3. The Balaban J connectivity index is 2.76. The summed E-state index contributed by atoms with van der Waals surface area (Å²) in [6, 6.07) is 0. The van der Waals surface area contributed by atoms with Gasteiger partial charge >= 0.3 is 0 Å². The van der Waals surface area contributed by atoms with Crippen molar-refractivity contribution in [3.05, 3.63) is 0 Å². The van der Waals surface area contributed by atoms with Crippen molar-refractivity contribution in [2.45, 2.75) is 19.3 Å². The Bertz CT molecular complexity index is 77.7. The average Bonchev–Trinajstić information content (AvgIpc) is 2.16. The zero-order valence-electron chi connectivity index (χ0n) is 8.52. The van der Waals surface area contributed by atoms with E-state index in [1.54, 1.807) is 0 Å². The average molecular weight is 188 g/mol. The van der Waals surface area contributed by atoms with E-state index < -0.39 is 0 Å². The van der Waals surface area contributed by atoms with E-state index in [1.165, 1.54) is 6.42 Å². The van der Waals surface area contributed by atoms with Crippen LogP contribution >= 0.6 is 0 Å². The molecule has 0 aliphatic rings. The third-order valence-electron chi connectivity index (χ3n) is 1.84. The van der Waals surface area contributed by atoms with Gasteiger partial charge in [-0.05, 0) is 45.4 Å². The maximum atomic E-state index is 5.37. The first-order valence-electron chi connectivity index (χ1n) is 5.23. The van der Waals surface area contributed by atoms with Gasteiger partial charge in [0.1, 0.15) is 0 Å². The lowest BCUT2D eigenvalue weighted by molar-refractivity contribution is 0.580. The molecule has 0 aromatic carbocycles. The number of hydrogen-bond acceptors (Lipinski definition) is 4. The maximum absolute atomic E-state index is 5.37. The summed E-state index contributed by atoms with van der Waals surface area (Å²) < 4.78 is 0. The van der Waals surface area contributed by atoms with Crippen LogP contribution in [0, 0.1) is 0 Å². The van der Waals surface area contributed by atoms with Crippen LogP contribution in [0.4, 0.5) is 0 Å². The van der Waals surface area contributed by atoms with E-state index in [1.807, 2.05) is 0 Å². The van der Waals surface area contributed by atoms with Gasteiger partial charge in [-0.2, -0.15) is 0 Å². The molecule has 0 unspecified atom stereocenters. The van der Waals surface area contributed by atoms with E-state index in [-0.39, 0.29) is 0 Å². The Morgan fingerprint density at radius 2 is 1.15 bits per heavy atom. The fourth-order valence-electron chi connectivity index (χ4n) is 1.05. The molecule has 0 spiro atoms. The lowest BCUT2D eigenvalue weighted by Crippen LogP contribution is -2.29. The van der Waals surface area contributed by atoms with Gasteiger partial charge in [0.05, 0.1) is 0 Å². The molecule has 0 bridgehead atoms. The van der Waals surface area contributed by atoms with Gasteiger partial charge in [-0.25, -0.2) is 0 Å². The van der Waals surface area contributed by atoms with Gasteiger partial charge in [-0.3, -0.25) is 0 Å². The summed E-state index contributed by atoms with van der Waals surface area (Å²) in [7, 11) is 0. The number of nitrogens with two attached hydrogens (primary N) is 2. The van der Waals surface area contributed by atoms with Crippen LogP contribution < -0.4 is 22.1 Å². The van der Waals surface area contributed by atoms with Crippen molar-refractivity contribution < 1.29 is 0 Å².